The van der Waals surface area contributed by atoms with Gasteiger partial charge in [-0.1, -0.05) is 83.2 Å². The zero-order valence-electron chi connectivity index (χ0n) is 36.8. The number of carbonyl (C=O) groups excluding carboxylic acids is 4. The lowest BCUT2D eigenvalue weighted by Crippen LogP contribution is -2.52. The van der Waals surface area contributed by atoms with Gasteiger partial charge in [0, 0.05) is 42.8 Å². The molecule has 15 nitrogen and oxygen atoms in total. The van der Waals surface area contributed by atoms with Crippen LogP contribution in [0.3, 0.4) is 0 Å². The average Bonchev–Trinajstić information content (AvgIpc) is 3.85. The first-order chi connectivity index (χ1) is 29.2. The number of nitrogens with zero attached hydrogens (tertiary/aromatic N) is 4. The molecule has 3 atom stereocenters. The molecule has 0 unspecified atom stereocenters. The molecule has 15 heteroatoms. The van der Waals surface area contributed by atoms with Crippen molar-refractivity contribution in [2.24, 2.45) is 17.8 Å². The van der Waals surface area contributed by atoms with Crippen molar-refractivity contribution in [3.63, 3.8) is 0 Å². The molecule has 0 saturated carbocycles. The van der Waals surface area contributed by atoms with E-state index in [1.165, 1.54) is 14.2 Å². The van der Waals surface area contributed by atoms with Crippen molar-refractivity contribution >= 4 is 45.8 Å². The Morgan fingerprint density at radius 3 is 1.92 bits per heavy atom. The summed E-state index contributed by atoms with van der Waals surface area (Å²) in [6, 6.07) is 17.0. The largest absolute Gasteiger partial charge is 0.453 e. The summed E-state index contributed by atoms with van der Waals surface area (Å²) in [5.74, 6) is 0.343. The molecule has 0 fully saturated rings. The van der Waals surface area contributed by atoms with E-state index in [-0.39, 0.29) is 42.7 Å². The number of aromatic amines is 2. The van der Waals surface area contributed by atoms with Crippen LogP contribution in [0, 0.1) is 24.7 Å². The van der Waals surface area contributed by atoms with Crippen LogP contribution in [0.15, 0.2) is 67.3 Å². The van der Waals surface area contributed by atoms with Crippen LogP contribution in [-0.2, 0) is 36.9 Å². The lowest BCUT2D eigenvalue weighted by Gasteiger charge is -2.31. The Bertz CT molecular complexity index is 2320. The summed E-state index contributed by atoms with van der Waals surface area (Å²) in [5.41, 5.74) is 6.31. The van der Waals surface area contributed by atoms with E-state index in [1.807, 2.05) is 59.7 Å². The minimum absolute atomic E-state index is 0.134. The Kier molecular flexibility index (Phi) is 15.7. The zero-order chi connectivity index (χ0) is 44.4. The number of methoxy groups -OCH3 is 3. The SMILES string of the molecule is C=C[C@H](COC)CN(Cc1nc2c(ccc3cc(-c4ccc(-c5nc(CN(CCC)C(=O)[C@@H](NC(=O)OC)C(C)C)[nH]c5C)cc4)ccc32)[nH]1)C(=O)[C@@H](NC(=O)OC)C(C)C. The Labute approximate surface area is 357 Å². The number of ether oxygens (including phenoxy) is 3. The van der Waals surface area contributed by atoms with Gasteiger partial charge in [-0.15, -0.1) is 6.58 Å². The number of amides is 4. The lowest BCUT2D eigenvalue weighted by atomic mass is 9.99. The van der Waals surface area contributed by atoms with E-state index in [0.717, 1.165) is 56.3 Å². The molecule has 2 heterocycles. The minimum atomic E-state index is -0.806. The van der Waals surface area contributed by atoms with Gasteiger partial charge in [-0.2, -0.15) is 0 Å². The van der Waals surface area contributed by atoms with E-state index in [0.29, 0.717) is 31.3 Å². The normalized spacial score (nSPS) is 12.9. The van der Waals surface area contributed by atoms with Crippen molar-refractivity contribution in [3.8, 4) is 22.4 Å². The van der Waals surface area contributed by atoms with Gasteiger partial charge in [0.05, 0.1) is 50.6 Å². The third kappa shape index (κ3) is 11.1. The smallest absolute Gasteiger partial charge is 0.407 e. The quantitative estimate of drug-likeness (QED) is 0.0618. The maximum Gasteiger partial charge on any atom is 0.407 e. The van der Waals surface area contributed by atoms with Gasteiger partial charge < -0.3 is 44.6 Å². The number of hydrogen-bond donors (Lipinski definition) is 4. The van der Waals surface area contributed by atoms with Gasteiger partial charge in [-0.3, -0.25) is 9.59 Å². The summed E-state index contributed by atoms with van der Waals surface area (Å²) in [5, 5.41) is 7.35. The van der Waals surface area contributed by atoms with Gasteiger partial charge in [0.25, 0.3) is 0 Å². The van der Waals surface area contributed by atoms with E-state index in [4.69, 9.17) is 24.2 Å². The fourth-order valence-electron chi connectivity index (χ4n) is 7.42. The van der Waals surface area contributed by atoms with Gasteiger partial charge >= 0.3 is 12.2 Å². The van der Waals surface area contributed by atoms with Crippen molar-refractivity contribution in [3.05, 3.63) is 84.6 Å². The summed E-state index contributed by atoms with van der Waals surface area (Å²) in [7, 11) is 4.16. The molecule has 2 aromatic heterocycles. The van der Waals surface area contributed by atoms with Crippen molar-refractivity contribution in [2.75, 3.05) is 41.0 Å². The average molecular weight is 837 g/mol. The second kappa shape index (κ2) is 20.8. The van der Waals surface area contributed by atoms with Crippen LogP contribution in [0.4, 0.5) is 9.59 Å². The van der Waals surface area contributed by atoms with Gasteiger partial charge in [0.15, 0.2) is 0 Å². The molecule has 5 rings (SSSR count). The van der Waals surface area contributed by atoms with Crippen molar-refractivity contribution < 1.29 is 33.4 Å². The molecule has 326 valence electrons. The molecule has 0 aliphatic heterocycles. The predicted octanol–water partition coefficient (Wildman–Crippen LogP) is 7.36. The van der Waals surface area contributed by atoms with Gasteiger partial charge in [0.2, 0.25) is 11.8 Å². The number of alkyl carbamates (subject to hydrolysis) is 2. The number of aromatic nitrogens is 4. The third-order valence-electron chi connectivity index (χ3n) is 10.7. The Morgan fingerprint density at radius 1 is 0.770 bits per heavy atom. The molecule has 0 aliphatic rings. The molecule has 0 bridgehead atoms. The summed E-state index contributed by atoms with van der Waals surface area (Å²) < 4.78 is 15.0. The highest BCUT2D eigenvalue weighted by Crippen LogP contribution is 2.31. The number of H-pyrrole nitrogens is 2. The standard InChI is InChI=1S/C46H60N8O7/c1-11-21-53(43(55)39(27(3)4)51-45(57)60-9)24-37-47-29(7)41(49-37)32-15-13-31(14-16-32)33-17-19-35-34(22-33)18-20-36-42(35)50-38(48-36)25-54(23-30(12-2)26-59-8)44(56)40(28(5)6)52-46(58)61-10/h12-20,22,27-28,30,39-40H,2,11,21,23-26H2,1,3-10H3,(H,47,49)(H,48,50)(H,51,57)(H,52,58)/t30-,39-,40-/m0/s1. The minimum Gasteiger partial charge on any atom is -0.453 e. The molecule has 4 N–H and O–H groups in total. The van der Waals surface area contributed by atoms with E-state index >= 15 is 0 Å². The van der Waals surface area contributed by atoms with Crippen LogP contribution < -0.4 is 10.6 Å². The predicted molar refractivity (Wildman–Crippen MR) is 236 cm³/mol. The molecule has 5 aromatic rings. The van der Waals surface area contributed by atoms with Crippen molar-refractivity contribution in [1.29, 1.82) is 0 Å². The van der Waals surface area contributed by atoms with Crippen LogP contribution in [0.5, 0.6) is 0 Å². The molecule has 3 aromatic carbocycles. The van der Waals surface area contributed by atoms with Crippen LogP contribution in [0.25, 0.3) is 44.2 Å². The van der Waals surface area contributed by atoms with Crippen LogP contribution in [0.1, 0.15) is 58.4 Å². The number of rotatable bonds is 19. The number of fused-ring (bicyclic) bond motifs is 3. The number of imidazole rings is 2. The van der Waals surface area contributed by atoms with Gasteiger partial charge in [0.1, 0.15) is 23.7 Å². The summed E-state index contributed by atoms with van der Waals surface area (Å²) in [6.07, 6.45) is 1.19. The Morgan fingerprint density at radius 2 is 1.34 bits per heavy atom. The maximum atomic E-state index is 14.0. The lowest BCUT2D eigenvalue weighted by molar-refractivity contribution is -0.136. The molecular formula is C46H60N8O7. The van der Waals surface area contributed by atoms with E-state index in [1.54, 1.807) is 23.0 Å². The van der Waals surface area contributed by atoms with E-state index in [2.05, 4.69) is 63.6 Å². The monoisotopic (exact) mass is 836 g/mol. The Hall–Kier alpha value is -6.22. The first-order valence-corrected chi connectivity index (χ1v) is 20.7. The maximum absolute atomic E-state index is 14.0. The highest BCUT2D eigenvalue weighted by Gasteiger charge is 2.32. The number of aryl methyl sites for hydroxylation is 1. The second-order valence-electron chi connectivity index (χ2n) is 16.0. The summed E-state index contributed by atoms with van der Waals surface area (Å²) >= 11 is 0. The third-order valence-corrected chi connectivity index (χ3v) is 10.7. The number of hydrogen-bond acceptors (Lipinski definition) is 9. The first kappa shape index (κ1) is 45.9. The number of carbonyl (C=O) groups is 4. The topological polar surface area (TPSA) is 184 Å². The number of benzene rings is 3. The summed E-state index contributed by atoms with van der Waals surface area (Å²) in [4.78, 5) is 71.8. The van der Waals surface area contributed by atoms with Crippen molar-refractivity contribution in [2.45, 2.75) is 73.1 Å². The second-order valence-corrected chi connectivity index (χ2v) is 16.0. The highest BCUT2D eigenvalue weighted by molar-refractivity contribution is 6.05. The van der Waals surface area contributed by atoms with Crippen LogP contribution in [-0.4, -0.2) is 107 Å². The zero-order valence-corrected chi connectivity index (χ0v) is 36.8. The summed E-state index contributed by atoms with van der Waals surface area (Å²) in [6.45, 7) is 17.1. The highest BCUT2D eigenvalue weighted by atomic mass is 16.5. The van der Waals surface area contributed by atoms with Crippen LogP contribution >= 0.6 is 0 Å². The molecule has 61 heavy (non-hydrogen) atoms. The van der Waals surface area contributed by atoms with Gasteiger partial charge in [-0.05, 0) is 53.8 Å². The fraction of sp³-hybridized carbons (Fsp3) is 0.435. The molecular weight excluding hydrogens is 777 g/mol. The van der Waals surface area contributed by atoms with E-state index < -0.39 is 24.3 Å². The van der Waals surface area contributed by atoms with Crippen molar-refractivity contribution in [1.82, 2.24) is 40.4 Å². The molecule has 0 spiro atoms. The van der Waals surface area contributed by atoms with E-state index in [9.17, 15) is 19.2 Å². The first-order valence-electron chi connectivity index (χ1n) is 20.7. The van der Waals surface area contributed by atoms with Gasteiger partial charge in [-0.25, -0.2) is 19.6 Å². The fourth-order valence-corrected chi connectivity index (χ4v) is 7.42. The molecule has 0 aliphatic carbocycles. The Balaban J connectivity index is 1.36. The number of nitrogens with one attached hydrogen (secondary N) is 4. The van der Waals surface area contributed by atoms with Crippen LogP contribution in [0.2, 0.25) is 0 Å². The molecule has 0 saturated heterocycles. The molecule has 0 radical (unpaired) electrons. The molecule has 4 amide bonds.